The van der Waals surface area contributed by atoms with Gasteiger partial charge in [-0.3, -0.25) is 0 Å². The predicted molar refractivity (Wildman–Crippen MR) is 45.1 cm³/mol. The van der Waals surface area contributed by atoms with E-state index >= 15 is 0 Å². The Morgan fingerprint density at radius 1 is 1.53 bits per heavy atom. The summed E-state index contributed by atoms with van der Waals surface area (Å²) in [5, 5.41) is 20.6. The molecule has 0 aromatic carbocycles. The minimum Gasteiger partial charge on any atom is -0.477 e. The van der Waals surface area contributed by atoms with Gasteiger partial charge in [-0.05, 0) is 0 Å². The normalized spacial score (nSPS) is 9.93. The number of nitrogens with zero attached hydrogens (tertiary/aromatic N) is 2. The molecule has 0 radical (unpaired) electrons. The molecule has 8 nitrogen and oxygen atoms in total. The van der Waals surface area contributed by atoms with Gasteiger partial charge in [0.05, 0.1) is 6.20 Å². The molecule has 0 fully saturated rings. The van der Waals surface area contributed by atoms with Crippen molar-refractivity contribution in [3.05, 3.63) is 11.8 Å². The van der Waals surface area contributed by atoms with E-state index in [4.69, 9.17) is 14.9 Å². The average Bonchev–Trinajstić information content (AvgIpc) is 2.58. The lowest BCUT2D eigenvalue weighted by atomic mass is 10.3. The number of carboxylic acids is 1. The zero-order valence-corrected chi connectivity index (χ0v) is 7.71. The standard InChI is InChI=1S/C7H8N2O6/c1-14-3-15-5-4(6(10)11)2-9(8-5)7(12)13/h2H,3H2,1H3,(H,10,11)(H,12,13). The lowest BCUT2D eigenvalue weighted by Gasteiger charge is -2.00. The molecule has 2 N–H and O–H groups in total. The topological polar surface area (TPSA) is 111 Å². The fourth-order valence-corrected chi connectivity index (χ4v) is 0.824. The van der Waals surface area contributed by atoms with Crippen molar-refractivity contribution >= 4 is 12.1 Å². The molecule has 0 saturated heterocycles. The van der Waals surface area contributed by atoms with Crippen molar-refractivity contribution in [1.82, 2.24) is 9.78 Å². The number of aromatic carboxylic acids is 1. The summed E-state index contributed by atoms with van der Waals surface area (Å²) in [5.74, 6) is -1.62. The first-order chi connectivity index (χ1) is 7.06. The molecule has 0 aliphatic rings. The lowest BCUT2D eigenvalue weighted by molar-refractivity contribution is 0.0450. The van der Waals surface area contributed by atoms with Gasteiger partial charge in [-0.25, -0.2) is 9.59 Å². The summed E-state index contributed by atoms with van der Waals surface area (Å²) in [6.07, 6.45) is -0.555. The molecule has 0 bridgehead atoms. The van der Waals surface area contributed by atoms with Gasteiger partial charge in [0, 0.05) is 7.11 Å². The number of carbonyl (C=O) groups is 2. The highest BCUT2D eigenvalue weighted by atomic mass is 16.7. The molecule has 1 aromatic heterocycles. The minimum atomic E-state index is -1.40. The van der Waals surface area contributed by atoms with Crippen molar-refractivity contribution in [2.45, 2.75) is 0 Å². The number of hydrogen-bond donors (Lipinski definition) is 2. The molecule has 0 aliphatic carbocycles. The van der Waals surface area contributed by atoms with Gasteiger partial charge in [0.15, 0.2) is 6.79 Å². The van der Waals surface area contributed by atoms with E-state index in [0.717, 1.165) is 6.20 Å². The maximum absolute atomic E-state index is 10.7. The molecule has 0 unspecified atom stereocenters. The smallest absolute Gasteiger partial charge is 0.432 e. The molecule has 1 rings (SSSR count). The van der Waals surface area contributed by atoms with Crippen LogP contribution in [-0.2, 0) is 4.74 Å². The quantitative estimate of drug-likeness (QED) is 0.686. The Balaban J connectivity index is 3.00. The summed E-state index contributed by atoms with van der Waals surface area (Å²) >= 11 is 0. The summed E-state index contributed by atoms with van der Waals surface area (Å²) in [6.45, 7) is -0.211. The van der Waals surface area contributed by atoms with Gasteiger partial charge in [0.1, 0.15) is 5.56 Å². The van der Waals surface area contributed by atoms with E-state index in [9.17, 15) is 9.59 Å². The average molecular weight is 216 g/mol. The first-order valence-electron chi connectivity index (χ1n) is 3.74. The highest BCUT2D eigenvalue weighted by Gasteiger charge is 2.19. The molecule has 8 heteroatoms. The van der Waals surface area contributed by atoms with Crippen molar-refractivity contribution in [3.8, 4) is 5.88 Å². The maximum Gasteiger partial charge on any atom is 0.432 e. The van der Waals surface area contributed by atoms with Gasteiger partial charge in [0.2, 0.25) is 5.88 Å². The van der Waals surface area contributed by atoms with E-state index in [0.29, 0.717) is 4.68 Å². The molecule has 0 aliphatic heterocycles. The number of ether oxygens (including phenoxy) is 2. The van der Waals surface area contributed by atoms with Gasteiger partial charge in [-0.15, -0.1) is 5.10 Å². The van der Waals surface area contributed by atoms with Crippen LogP contribution < -0.4 is 4.74 Å². The lowest BCUT2D eigenvalue weighted by Crippen LogP contribution is -2.08. The van der Waals surface area contributed by atoms with Gasteiger partial charge < -0.3 is 19.7 Å². The highest BCUT2D eigenvalue weighted by Crippen LogP contribution is 2.15. The Morgan fingerprint density at radius 3 is 2.67 bits per heavy atom. The zero-order valence-electron chi connectivity index (χ0n) is 7.71. The SMILES string of the molecule is COCOc1nn(C(=O)O)cc1C(=O)O. The number of rotatable bonds is 4. The second-order valence-corrected chi connectivity index (χ2v) is 2.43. The Morgan fingerprint density at radius 2 is 2.20 bits per heavy atom. The highest BCUT2D eigenvalue weighted by molar-refractivity contribution is 5.90. The Kier molecular flexibility index (Phi) is 3.24. The van der Waals surface area contributed by atoms with Crippen LogP contribution in [0.25, 0.3) is 0 Å². The van der Waals surface area contributed by atoms with Gasteiger partial charge in [-0.2, -0.15) is 4.68 Å². The Hall–Kier alpha value is -2.09. The largest absolute Gasteiger partial charge is 0.477 e. The molecule has 1 heterocycles. The molecular weight excluding hydrogens is 208 g/mol. The van der Waals surface area contributed by atoms with Crippen molar-refractivity contribution < 1.29 is 29.3 Å². The van der Waals surface area contributed by atoms with Crippen molar-refractivity contribution in [2.24, 2.45) is 0 Å². The van der Waals surface area contributed by atoms with Crippen molar-refractivity contribution in [3.63, 3.8) is 0 Å². The van der Waals surface area contributed by atoms with E-state index in [-0.39, 0.29) is 18.2 Å². The molecule has 0 atom stereocenters. The van der Waals surface area contributed by atoms with Crippen LogP contribution in [0.15, 0.2) is 6.20 Å². The summed E-state index contributed by atoms with van der Waals surface area (Å²) in [4.78, 5) is 21.1. The van der Waals surface area contributed by atoms with E-state index in [1.54, 1.807) is 0 Å². The second-order valence-electron chi connectivity index (χ2n) is 2.43. The monoisotopic (exact) mass is 216 g/mol. The van der Waals surface area contributed by atoms with Crippen molar-refractivity contribution in [2.75, 3.05) is 13.9 Å². The zero-order chi connectivity index (χ0) is 11.4. The number of hydrogen-bond acceptors (Lipinski definition) is 5. The van der Waals surface area contributed by atoms with Crippen LogP contribution in [0.4, 0.5) is 4.79 Å². The van der Waals surface area contributed by atoms with Crippen LogP contribution in [0.2, 0.25) is 0 Å². The number of aromatic nitrogens is 2. The molecule has 82 valence electrons. The molecule has 0 amide bonds. The van der Waals surface area contributed by atoms with Gasteiger partial charge in [-0.1, -0.05) is 0 Å². The van der Waals surface area contributed by atoms with Crippen LogP contribution in [0.3, 0.4) is 0 Å². The second kappa shape index (κ2) is 4.42. The third kappa shape index (κ3) is 2.44. The van der Waals surface area contributed by atoms with Gasteiger partial charge >= 0.3 is 12.1 Å². The van der Waals surface area contributed by atoms with Gasteiger partial charge in [0.25, 0.3) is 0 Å². The predicted octanol–water partition coefficient (Wildman–Crippen LogP) is 0.0901. The molecule has 0 saturated carbocycles. The summed E-state index contributed by atoms with van der Waals surface area (Å²) in [7, 11) is 1.34. The first kappa shape index (κ1) is 11.0. The summed E-state index contributed by atoms with van der Waals surface area (Å²) < 4.78 is 9.77. The van der Waals surface area contributed by atoms with E-state index in [1.165, 1.54) is 7.11 Å². The minimum absolute atomic E-state index is 0.211. The van der Waals surface area contributed by atoms with Crippen LogP contribution in [-0.4, -0.2) is 46.0 Å². The molecule has 1 aromatic rings. The fraction of sp³-hybridized carbons (Fsp3) is 0.286. The maximum atomic E-state index is 10.7. The van der Waals surface area contributed by atoms with Crippen LogP contribution in [0.1, 0.15) is 10.4 Å². The summed E-state index contributed by atoms with van der Waals surface area (Å²) in [6, 6.07) is 0. The van der Waals surface area contributed by atoms with Crippen LogP contribution >= 0.6 is 0 Å². The molecule has 15 heavy (non-hydrogen) atoms. The van der Waals surface area contributed by atoms with Crippen LogP contribution in [0.5, 0.6) is 5.88 Å². The number of carboxylic acid groups (broad SMARTS) is 2. The Bertz CT molecular complexity index is 385. The fourth-order valence-electron chi connectivity index (χ4n) is 0.824. The third-order valence-corrected chi connectivity index (χ3v) is 1.42. The van der Waals surface area contributed by atoms with Crippen LogP contribution in [0, 0.1) is 0 Å². The van der Waals surface area contributed by atoms with Crippen molar-refractivity contribution in [1.29, 1.82) is 0 Å². The molecule has 0 spiro atoms. The Labute approximate surface area is 83.6 Å². The summed E-state index contributed by atoms with van der Waals surface area (Å²) in [5.41, 5.74) is -0.338. The number of methoxy groups -OCH3 is 1. The van der Waals surface area contributed by atoms with E-state index < -0.39 is 12.1 Å². The van der Waals surface area contributed by atoms with E-state index in [2.05, 4.69) is 9.84 Å². The first-order valence-corrected chi connectivity index (χ1v) is 3.74. The molecular formula is C7H8N2O6. The van der Waals surface area contributed by atoms with E-state index in [1.807, 2.05) is 0 Å². The third-order valence-electron chi connectivity index (χ3n) is 1.42.